The smallest absolute Gasteiger partial charge is 0.126 e. The van der Waals surface area contributed by atoms with Gasteiger partial charge in [-0.05, 0) is 42.0 Å². The zero-order chi connectivity index (χ0) is 15.8. The van der Waals surface area contributed by atoms with Crippen LogP contribution in [0.3, 0.4) is 0 Å². The lowest BCUT2D eigenvalue weighted by molar-refractivity contribution is 0.741. The third-order valence-electron chi connectivity index (χ3n) is 3.87. The van der Waals surface area contributed by atoms with Gasteiger partial charge in [0.05, 0.1) is 0 Å². The van der Waals surface area contributed by atoms with Crippen molar-refractivity contribution in [1.82, 2.24) is 0 Å². The van der Waals surface area contributed by atoms with Gasteiger partial charge in [0, 0.05) is 5.56 Å². The van der Waals surface area contributed by atoms with Crippen LogP contribution in [0, 0.1) is 0 Å². The lowest BCUT2D eigenvalue weighted by Crippen LogP contribution is -1.84. The molecule has 0 aliphatic carbocycles. The minimum atomic E-state index is -0.113. The second-order valence-electron chi connectivity index (χ2n) is 5.72. The molecule has 0 heterocycles. The average Bonchev–Trinajstić information content (AvgIpc) is 2.56. The van der Waals surface area contributed by atoms with Crippen molar-refractivity contribution in [2.45, 2.75) is 46.0 Å². The Bertz CT molecular complexity index is 591. The minimum Gasteiger partial charge on any atom is -0.207 e. The van der Waals surface area contributed by atoms with Gasteiger partial charge in [0.25, 0.3) is 0 Å². The Kier molecular flexibility index (Phi) is 6.39. The van der Waals surface area contributed by atoms with Crippen LogP contribution in [-0.4, -0.2) is 0 Å². The minimum absolute atomic E-state index is 0.113. The molecule has 2 aromatic rings. The number of hydrogen-bond donors (Lipinski definition) is 0. The van der Waals surface area contributed by atoms with E-state index in [2.05, 4.69) is 38.1 Å². The summed E-state index contributed by atoms with van der Waals surface area (Å²) in [4.78, 5) is 0. The van der Waals surface area contributed by atoms with Crippen molar-refractivity contribution < 1.29 is 4.39 Å². The molecule has 0 aromatic heterocycles. The quantitative estimate of drug-likeness (QED) is 0.492. The van der Waals surface area contributed by atoms with Crippen LogP contribution in [0.15, 0.2) is 54.6 Å². The first kappa shape index (κ1) is 16.5. The molecule has 0 N–H and O–H groups in total. The maximum absolute atomic E-state index is 14.0. The van der Waals surface area contributed by atoms with E-state index in [-0.39, 0.29) is 5.83 Å². The van der Waals surface area contributed by atoms with Crippen molar-refractivity contribution in [1.29, 1.82) is 0 Å². The molecule has 116 valence electrons. The number of aryl methyl sites for hydroxylation is 1. The van der Waals surface area contributed by atoms with Crippen LogP contribution >= 0.6 is 0 Å². The molecule has 0 fully saturated rings. The van der Waals surface area contributed by atoms with Gasteiger partial charge in [0.2, 0.25) is 0 Å². The molecular weight excluding hydrogens is 271 g/mol. The summed E-state index contributed by atoms with van der Waals surface area (Å²) in [5, 5.41) is 0. The molecule has 0 aliphatic heterocycles. The Morgan fingerprint density at radius 3 is 2.00 bits per heavy atom. The van der Waals surface area contributed by atoms with E-state index in [4.69, 9.17) is 0 Å². The number of rotatable bonds is 7. The largest absolute Gasteiger partial charge is 0.207 e. The van der Waals surface area contributed by atoms with Crippen molar-refractivity contribution in [3.63, 3.8) is 0 Å². The molecule has 0 amide bonds. The molecule has 0 bridgehead atoms. The highest BCUT2D eigenvalue weighted by atomic mass is 19.1. The standard InChI is InChI=1S/C21H25F/c1-3-5-6-8-21(22)20-15-13-19(14-16-20)18-11-9-17(7-4-2)10-12-18/h8-16H,3-7H2,1-2H3. The zero-order valence-corrected chi connectivity index (χ0v) is 13.6. The molecule has 0 radical (unpaired) electrons. The molecule has 0 aliphatic rings. The van der Waals surface area contributed by atoms with Crippen molar-refractivity contribution >= 4 is 5.83 Å². The maximum atomic E-state index is 14.0. The fraction of sp³-hybridized carbons (Fsp3) is 0.333. The van der Waals surface area contributed by atoms with Crippen LogP contribution in [0.1, 0.15) is 50.7 Å². The second-order valence-corrected chi connectivity index (χ2v) is 5.72. The fourth-order valence-corrected chi connectivity index (χ4v) is 2.53. The molecule has 0 saturated carbocycles. The summed E-state index contributed by atoms with van der Waals surface area (Å²) in [6.07, 6.45) is 6.91. The monoisotopic (exact) mass is 296 g/mol. The van der Waals surface area contributed by atoms with Crippen molar-refractivity contribution in [3.05, 3.63) is 65.7 Å². The van der Waals surface area contributed by atoms with Gasteiger partial charge in [-0.1, -0.05) is 75.2 Å². The Morgan fingerprint density at radius 1 is 0.864 bits per heavy atom. The first-order valence-electron chi connectivity index (χ1n) is 8.30. The van der Waals surface area contributed by atoms with Gasteiger partial charge in [0.15, 0.2) is 0 Å². The third-order valence-corrected chi connectivity index (χ3v) is 3.87. The summed E-state index contributed by atoms with van der Waals surface area (Å²) >= 11 is 0. The van der Waals surface area contributed by atoms with E-state index in [9.17, 15) is 4.39 Å². The van der Waals surface area contributed by atoms with E-state index >= 15 is 0 Å². The van der Waals surface area contributed by atoms with Crippen LogP contribution in [-0.2, 0) is 6.42 Å². The van der Waals surface area contributed by atoms with Crippen LogP contribution in [0.2, 0.25) is 0 Å². The highest BCUT2D eigenvalue weighted by Crippen LogP contribution is 2.24. The van der Waals surface area contributed by atoms with Gasteiger partial charge in [0.1, 0.15) is 5.83 Å². The summed E-state index contributed by atoms with van der Waals surface area (Å²) in [5.74, 6) is -0.113. The summed E-state index contributed by atoms with van der Waals surface area (Å²) in [5.41, 5.74) is 4.35. The van der Waals surface area contributed by atoms with Gasteiger partial charge in [-0.2, -0.15) is 0 Å². The first-order chi connectivity index (χ1) is 10.7. The number of unbranched alkanes of at least 4 members (excludes halogenated alkanes) is 2. The van der Waals surface area contributed by atoms with Gasteiger partial charge >= 0.3 is 0 Å². The van der Waals surface area contributed by atoms with E-state index in [1.54, 1.807) is 6.08 Å². The Labute approximate surface area is 133 Å². The van der Waals surface area contributed by atoms with Gasteiger partial charge in [-0.3, -0.25) is 0 Å². The fourth-order valence-electron chi connectivity index (χ4n) is 2.53. The SMILES string of the molecule is CCCCC=C(F)c1ccc(-c2ccc(CCC)cc2)cc1. The predicted molar refractivity (Wildman–Crippen MR) is 94.5 cm³/mol. The lowest BCUT2D eigenvalue weighted by atomic mass is 10.0. The van der Waals surface area contributed by atoms with E-state index in [1.807, 2.05) is 24.3 Å². The number of benzene rings is 2. The Balaban J connectivity index is 2.09. The van der Waals surface area contributed by atoms with Crippen molar-refractivity contribution in [2.75, 3.05) is 0 Å². The molecule has 1 heteroatoms. The number of allylic oxidation sites excluding steroid dienone is 1. The summed E-state index contributed by atoms with van der Waals surface area (Å²) < 4.78 is 14.0. The normalized spacial score (nSPS) is 11.7. The summed E-state index contributed by atoms with van der Waals surface area (Å²) in [6.45, 7) is 4.31. The highest BCUT2D eigenvalue weighted by Gasteiger charge is 2.02. The zero-order valence-electron chi connectivity index (χ0n) is 13.6. The molecule has 0 saturated heterocycles. The Hall–Kier alpha value is -1.89. The van der Waals surface area contributed by atoms with E-state index in [1.165, 1.54) is 11.1 Å². The van der Waals surface area contributed by atoms with Crippen LogP contribution in [0.25, 0.3) is 17.0 Å². The first-order valence-corrected chi connectivity index (χ1v) is 8.30. The average molecular weight is 296 g/mol. The number of hydrogen-bond acceptors (Lipinski definition) is 0. The molecular formula is C21H25F. The summed E-state index contributed by atoms with van der Waals surface area (Å²) in [6, 6.07) is 16.4. The molecule has 0 unspecified atom stereocenters. The van der Waals surface area contributed by atoms with Crippen molar-refractivity contribution in [2.24, 2.45) is 0 Å². The molecule has 2 aromatic carbocycles. The Morgan fingerprint density at radius 2 is 1.45 bits per heavy atom. The maximum Gasteiger partial charge on any atom is 0.126 e. The summed E-state index contributed by atoms with van der Waals surface area (Å²) in [7, 11) is 0. The molecule has 0 nitrogen and oxygen atoms in total. The van der Waals surface area contributed by atoms with E-state index in [0.29, 0.717) is 5.56 Å². The second kappa shape index (κ2) is 8.53. The van der Waals surface area contributed by atoms with Gasteiger partial charge in [-0.15, -0.1) is 0 Å². The molecule has 2 rings (SSSR count). The van der Waals surface area contributed by atoms with Gasteiger partial charge < -0.3 is 0 Å². The van der Waals surface area contributed by atoms with E-state index < -0.39 is 0 Å². The molecule has 0 spiro atoms. The topological polar surface area (TPSA) is 0 Å². The van der Waals surface area contributed by atoms with Crippen LogP contribution in [0.4, 0.5) is 4.39 Å². The van der Waals surface area contributed by atoms with Crippen LogP contribution < -0.4 is 0 Å². The van der Waals surface area contributed by atoms with E-state index in [0.717, 1.165) is 37.7 Å². The molecule has 0 atom stereocenters. The number of halogens is 1. The molecule has 22 heavy (non-hydrogen) atoms. The third kappa shape index (κ3) is 4.56. The van der Waals surface area contributed by atoms with Crippen molar-refractivity contribution in [3.8, 4) is 11.1 Å². The predicted octanol–water partition coefficient (Wildman–Crippen LogP) is 6.81. The highest BCUT2D eigenvalue weighted by molar-refractivity contribution is 5.67. The lowest BCUT2D eigenvalue weighted by Gasteiger charge is -2.05. The van der Waals surface area contributed by atoms with Gasteiger partial charge in [-0.25, -0.2) is 4.39 Å². The van der Waals surface area contributed by atoms with Crippen LogP contribution in [0.5, 0.6) is 0 Å².